The van der Waals surface area contributed by atoms with E-state index in [4.69, 9.17) is 4.98 Å². The number of hydrogen-bond donors (Lipinski definition) is 1. The highest BCUT2D eigenvalue weighted by atomic mass is 15.0. The van der Waals surface area contributed by atoms with E-state index in [1.54, 1.807) is 18.5 Å². The molecule has 4 rings (SSSR count). The zero-order valence-electron chi connectivity index (χ0n) is 15.1. The van der Waals surface area contributed by atoms with Crippen molar-refractivity contribution in [1.29, 1.82) is 5.26 Å². The predicted molar refractivity (Wildman–Crippen MR) is 107 cm³/mol. The molecule has 1 N–H and O–H groups in total. The fraction of sp³-hybridized carbons (Fsp3) is 0.0909. The number of nitrogens with one attached hydrogen (secondary N) is 1. The molecule has 0 spiro atoms. The molecule has 0 aliphatic heterocycles. The van der Waals surface area contributed by atoms with Crippen LogP contribution in [0.15, 0.2) is 60.9 Å². The predicted octanol–water partition coefficient (Wildman–Crippen LogP) is 4.58. The van der Waals surface area contributed by atoms with Gasteiger partial charge in [0.15, 0.2) is 5.82 Å². The lowest BCUT2D eigenvalue weighted by molar-refractivity contribution is 1.19. The molecule has 130 valence electrons. The van der Waals surface area contributed by atoms with Crippen LogP contribution < -0.4 is 5.32 Å². The van der Waals surface area contributed by atoms with Gasteiger partial charge in [-0.15, -0.1) is 0 Å². The van der Waals surface area contributed by atoms with Crippen LogP contribution in [0.2, 0.25) is 0 Å². The Morgan fingerprint density at radius 3 is 2.56 bits per heavy atom. The van der Waals surface area contributed by atoms with Crippen molar-refractivity contribution in [2.24, 2.45) is 0 Å². The zero-order chi connectivity index (χ0) is 18.8. The Morgan fingerprint density at radius 1 is 0.963 bits per heavy atom. The van der Waals surface area contributed by atoms with Crippen molar-refractivity contribution in [2.75, 3.05) is 12.4 Å². The summed E-state index contributed by atoms with van der Waals surface area (Å²) in [7, 11) is 1.85. The van der Waals surface area contributed by atoms with E-state index < -0.39 is 0 Å². The first-order chi connectivity index (χ1) is 13.2. The summed E-state index contributed by atoms with van der Waals surface area (Å²) < 4.78 is 0. The molecule has 0 amide bonds. The Balaban J connectivity index is 1.94. The molecule has 0 unspecified atom stereocenters. The largest absolute Gasteiger partial charge is 0.373 e. The number of nitriles is 1. The van der Waals surface area contributed by atoms with Crippen LogP contribution in [0.25, 0.3) is 33.4 Å². The summed E-state index contributed by atoms with van der Waals surface area (Å²) in [6, 6.07) is 17.8. The molecule has 4 aromatic rings. The Labute approximate surface area is 157 Å². The average molecular weight is 351 g/mol. The van der Waals surface area contributed by atoms with Gasteiger partial charge in [0.05, 0.1) is 17.1 Å². The van der Waals surface area contributed by atoms with Crippen molar-refractivity contribution in [3.05, 3.63) is 72.1 Å². The summed E-state index contributed by atoms with van der Waals surface area (Å²) in [6.45, 7) is 2.04. The third-order valence-electron chi connectivity index (χ3n) is 4.47. The molecule has 2 aromatic carbocycles. The SMILES string of the molecule is CNc1nc(-c2cccnc2)nc2c(C)cc(-c3cccc(C#N)c3)cc12. The van der Waals surface area contributed by atoms with Crippen LogP contribution in [-0.4, -0.2) is 22.0 Å². The van der Waals surface area contributed by atoms with Crippen molar-refractivity contribution >= 4 is 16.7 Å². The van der Waals surface area contributed by atoms with E-state index >= 15 is 0 Å². The molecule has 0 bridgehead atoms. The van der Waals surface area contributed by atoms with Crippen LogP contribution in [-0.2, 0) is 0 Å². The molecule has 0 atom stereocenters. The van der Waals surface area contributed by atoms with E-state index in [-0.39, 0.29) is 0 Å². The van der Waals surface area contributed by atoms with E-state index in [0.717, 1.165) is 39.0 Å². The number of pyridine rings is 1. The van der Waals surface area contributed by atoms with Gasteiger partial charge in [0.2, 0.25) is 0 Å². The summed E-state index contributed by atoms with van der Waals surface area (Å²) in [5.74, 6) is 1.41. The van der Waals surface area contributed by atoms with Crippen molar-refractivity contribution in [1.82, 2.24) is 15.0 Å². The molecule has 27 heavy (non-hydrogen) atoms. The van der Waals surface area contributed by atoms with Crippen LogP contribution in [0.4, 0.5) is 5.82 Å². The highest BCUT2D eigenvalue weighted by Gasteiger charge is 2.13. The smallest absolute Gasteiger partial charge is 0.163 e. The number of rotatable bonds is 3. The Morgan fingerprint density at radius 2 is 1.81 bits per heavy atom. The first-order valence-electron chi connectivity index (χ1n) is 8.60. The molecule has 0 saturated heterocycles. The van der Waals surface area contributed by atoms with Crippen LogP contribution in [0, 0.1) is 18.3 Å². The third kappa shape index (κ3) is 3.09. The highest BCUT2D eigenvalue weighted by Crippen LogP contribution is 2.32. The average Bonchev–Trinajstić information content (AvgIpc) is 2.73. The number of hydrogen-bond acceptors (Lipinski definition) is 5. The summed E-state index contributed by atoms with van der Waals surface area (Å²) >= 11 is 0. The number of anilines is 1. The molecular formula is C22H17N5. The normalized spacial score (nSPS) is 10.6. The lowest BCUT2D eigenvalue weighted by Gasteiger charge is -2.12. The van der Waals surface area contributed by atoms with Crippen molar-refractivity contribution in [3.8, 4) is 28.6 Å². The maximum atomic E-state index is 9.17. The minimum absolute atomic E-state index is 0.641. The van der Waals surface area contributed by atoms with Crippen LogP contribution >= 0.6 is 0 Å². The van der Waals surface area contributed by atoms with Gasteiger partial charge >= 0.3 is 0 Å². The Hall–Kier alpha value is -3.78. The maximum absolute atomic E-state index is 9.17. The third-order valence-corrected chi connectivity index (χ3v) is 4.47. The van der Waals surface area contributed by atoms with Crippen LogP contribution in [0.3, 0.4) is 0 Å². The van der Waals surface area contributed by atoms with Gasteiger partial charge in [-0.2, -0.15) is 5.26 Å². The minimum atomic E-state index is 0.641. The second-order valence-corrected chi connectivity index (χ2v) is 6.27. The van der Waals surface area contributed by atoms with Gasteiger partial charge in [-0.25, -0.2) is 9.97 Å². The molecule has 5 heteroatoms. The number of fused-ring (bicyclic) bond motifs is 1. The molecule has 0 radical (unpaired) electrons. The molecular weight excluding hydrogens is 334 g/mol. The molecule has 0 aliphatic rings. The van der Waals surface area contributed by atoms with Crippen molar-refractivity contribution < 1.29 is 0 Å². The number of aryl methyl sites for hydroxylation is 1. The van der Waals surface area contributed by atoms with Crippen LogP contribution in [0.1, 0.15) is 11.1 Å². The van der Waals surface area contributed by atoms with Gasteiger partial charge in [-0.3, -0.25) is 4.98 Å². The monoisotopic (exact) mass is 351 g/mol. The molecule has 2 heterocycles. The summed E-state index contributed by atoms with van der Waals surface area (Å²) in [5, 5.41) is 13.3. The minimum Gasteiger partial charge on any atom is -0.373 e. The molecule has 5 nitrogen and oxygen atoms in total. The Kier molecular flexibility index (Phi) is 4.23. The standard InChI is InChI=1S/C22H17N5/c1-14-9-18(16-6-3-5-15(10-16)12-23)11-19-20(14)26-21(27-22(19)24-2)17-7-4-8-25-13-17/h3-11,13H,1-2H3,(H,24,26,27). The van der Waals surface area contributed by atoms with Crippen molar-refractivity contribution in [2.45, 2.75) is 6.92 Å². The lowest BCUT2D eigenvalue weighted by atomic mass is 9.99. The van der Waals surface area contributed by atoms with Gasteiger partial charge < -0.3 is 5.32 Å². The fourth-order valence-electron chi connectivity index (χ4n) is 3.16. The first kappa shape index (κ1) is 16.7. The van der Waals surface area contributed by atoms with Gasteiger partial charge in [-0.05, 0) is 60.0 Å². The summed E-state index contributed by atoms with van der Waals surface area (Å²) in [5.41, 5.74) is 5.49. The van der Waals surface area contributed by atoms with Gasteiger partial charge in [0.25, 0.3) is 0 Å². The van der Waals surface area contributed by atoms with Gasteiger partial charge in [0, 0.05) is 30.4 Å². The maximum Gasteiger partial charge on any atom is 0.163 e. The molecule has 0 saturated carbocycles. The molecule has 2 aromatic heterocycles. The number of benzene rings is 2. The first-order valence-corrected chi connectivity index (χ1v) is 8.60. The number of aromatic nitrogens is 3. The fourth-order valence-corrected chi connectivity index (χ4v) is 3.16. The van der Waals surface area contributed by atoms with Gasteiger partial charge in [0.1, 0.15) is 5.82 Å². The topological polar surface area (TPSA) is 74.5 Å². The van der Waals surface area contributed by atoms with Crippen molar-refractivity contribution in [3.63, 3.8) is 0 Å². The Bertz CT molecular complexity index is 1180. The number of nitrogens with zero attached hydrogens (tertiary/aromatic N) is 4. The van der Waals surface area contributed by atoms with E-state index in [1.165, 1.54) is 0 Å². The zero-order valence-corrected chi connectivity index (χ0v) is 15.1. The second kappa shape index (κ2) is 6.85. The lowest BCUT2D eigenvalue weighted by Crippen LogP contribution is -2.00. The van der Waals surface area contributed by atoms with E-state index in [9.17, 15) is 5.26 Å². The molecule has 0 aliphatic carbocycles. The van der Waals surface area contributed by atoms with Crippen LogP contribution in [0.5, 0.6) is 0 Å². The van der Waals surface area contributed by atoms with E-state index in [0.29, 0.717) is 11.4 Å². The summed E-state index contributed by atoms with van der Waals surface area (Å²) in [4.78, 5) is 13.6. The molecule has 0 fully saturated rings. The second-order valence-electron chi connectivity index (χ2n) is 6.27. The summed E-state index contributed by atoms with van der Waals surface area (Å²) in [6.07, 6.45) is 3.49. The quantitative estimate of drug-likeness (QED) is 0.585. The highest BCUT2D eigenvalue weighted by molar-refractivity contribution is 5.96. The van der Waals surface area contributed by atoms with Gasteiger partial charge in [-0.1, -0.05) is 12.1 Å². The van der Waals surface area contributed by atoms with E-state index in [1.807, 2.05) is 44.3 Å². The van der Waals surface area contributed by atoms with E-state index in [2.05, 4.69) is 33.5 Å².